The Bertz CT molecular complexity index is 366. The van der Waals surface area contributed by atoms with Gasteiger partial charge in [0.1, 0.15) is 5.60 Å². The van der Waals surface area contributed by atoms with Crippen molar-refractivity contribution in [3.05, 3.63) is 10.5 Å². The lowest BCUT2D eigenvalue weighted by Gasteiger charge is -2.23. The Kier molecular flexibility index (Phi) is 3.10. The van der Waals surface area contributed by atoms with Gasteiger partial charge in [-0.2, -0.15) is 0 Å². The molecule has 2 heterocycles. The second-order valence-electron chi connectivity index (χ2n) is 5.07. The molecule has 2 aliphatic rings. The molecule has 0 aromatic rings. The molecule has 0 radical (unpaired) electrons. The van der Waals surface area contributed by atoms with E-state index in [0.29, 0.717) is 0 Å². The first-order valence-electron chi connectivity index (χ1n) is 5.56. The van der Waals surface area contributed by atoms with Crippen LogP contribution in [-0.2, 0) is 9.53 Å². The fraction of sp³-hybridized carbons (Fsp3) is 0.667. The zero-order chi connectivity index (χ0) is 11.8. The minimum atomic E-state index is -0.395. The summed E-state index contributed by atoms with van der Waals surface area (Å²) in [7, 11) is 0. The average Bonchev–Trinajstić information content (AvgIpc) is 2.58. The van der Waals surface area contributed by atoms with Gasteiger partial charge in [0, 0.05) is 23.4 Å². The third-order valence-electron chi connectivity index (χ3n) is 2.55. The van der Waals surface area contributed by atoms with E-state index in [1.165, 1.54) is 10.5 Å². The third kappa shape index (κ3) is 2.48. The van der Waals surface area contributed by atoms with E-state index in [-0.39, 0.29) is 11.9 Å². The fourth-order valence-corrected chi connectivity index (χ4v) is 3.13. The van der Waals surface area contributed by atoms with E-state index in [1.54, 1.807) is 11.8 Å². The summed E-state index contributed by atoms with van der Waals surface area (Å²) in [6.07, 6.45) is 2.80. The molecule has 0 amide bonds. The molecule has 2 aliphatic heterocycles. The first kappa shape index (κ1) is 11.7. The molecule has 2 rings (SSSR count). The molecule has 0 spiro atoms. The number of ether oxygens (including phenoxy) is 1. The van der Waals surface area contributed by atoms with Gasteiger partial charge in [0.15, 0.2) is 0 Å². The molecule has 1 atom stereocenters. The Balaban J connectivity index is 2.09. The largest absolute Gasteiger partial charge is 0.459 e. The summed E-state index contributed by atoms with van der Waals surface area (Å²) in [5.41, 5.74) is 0.836. The highest BCUT2D eigenvalue weighted by Gasteiger charge is 2.34. The fourth-order valence-electron chi connectivity index (χ4n) is 1.87. The second kappa shape index (κ2) is 4.24. The Morgan fingerprint density at radius 1 is 1.56 bits per heavy atom. The zero-order valence-corrected chi connectivity index (χ0v) is 10.8. The summed E-state index contributed by atoms with van der Waals surface area (Å²) in [4.78, 5) is 17.4. The van der Waals surface area contributed by atoms with Crippen LogP contribution >= 0.6 is 11.8 Å². The van der Waals surface area contributed by atoms with Crippen molar-refractivity contribution in [1.29, 1.82) is 0 Å². The number of dihydropyridines is 1. The van der Waals surface area contributed by atoms with E-state index in [9.17, 15) is 4.79 Å². The molecule has 16 heavy (non-hydrogen) atoms. The summed E-state index contributed by atoms with van der Waals surface area (Å²) in [5.74, 6) is 0.678. The maximum Gasteiger partial charge on any atom is 0.314 e. The van der Waals surface area contributed by atoms with Crippen LogP contribution in [0, 0.1) is 5.92 Å². The number of carbonyl (C=O) groups is 1. The van der Waals surface area contributed by atoms with Crippen LogP contribution in [0.15, 0.2) is 15.5 Å². The number of esters is 1. The molecule has 4 heteroatoms. The number of hydrogen-bond acceptors (Lipinski definition) is 4. The summed E-state index contributed by atoms with van der Waals surface area (Å²) in [6, 6.07) is 0. The SMILES string of the molecule is CC(C)(C)OC(=O)C1CSC2=C1CCN=C2. The number of hydrogen-bond donors (Lipinski definition) is 0. The number of rotatable bonds is 1. The van der Waals surface area contributed by atoms with Gasteiger partial charge in [-0.05, 0) is 32.8 Å². The molecule has 0 N–H and O–H groups in total. The predicted octanol–water partition coefficient (Wildman–Crippen LogP) is 2.42. The molecule has 0 saturated heterocycles. The normalized spacial score (nSPS) is 24.6. The van der Waals surface area contributed by atoms with Crippen molar-refractivity contribution in [1.82, 2.24) is 0 Å². The van der Waals surface area contributed by atoms with E-state index in [1.807, 2.05) is 27.0 Å². The highest BCUT2D eigenvalue weighted by atomic mass is 32.2. The van der Waals surface area contributed by atoms with Gasteiger partial charge in [-0.15, -0.1) is 11.8 Å². The van der Waals surface area contributed by atoms with E-state index < -0.39 is 5.60 Å². The monoisotopic (exact) mass is 239 g/mol. The summed E-state index contributed by atoms with van der Waals surface area (Å²) in [5, 5.41) is 0. The molecule has 0 aliphatic carbocycles. The van der Waals surface area contributed by atoms with Crippen LogP contribution in [0.4, 0.5) is 0 Å². The van der Waals surface area contributed by atoms with Crippen molar-refractivity contribution >= 4 is 23.9 Å². The van der Waals surface area contributed by atoms with Crippen molar-refractivity contribution < 1.29 is 9.53 Å². The quantitative estimate of drug-likeness (QED) is 0.660. The number of nitrogens with zero attached hydrogens (tertiary/aromatic N) is 1. The lowest BCUT2D eigenvalue weighted by molar-refractivity contribution is -0.157. The maximum absolute atomic E-state index is 12.0. The van der Waals surface area contributed by atoms with Crippen LogP contribution in [0.2, 0.25) is 0 Å². The number of aliphatic imine (C=N–C) groups is 1. The van der Waals surface area contributed by atoms with Gasteiger partial charge in [0.25, 0.3) is 0 Å². The molecule has 0 aromatic heterocycles. The number of thioether (sulfide) groups is 1. The smallest absolute Gasteiger partial charge is 0.314 e. The highest BCUT2D eigenvalue weighted by molar-refractivity contribution is 8.04. The van der Waals surface area contributed by atoms with Gasteiger partial charge in [0.2, 0.25) is 0 Å². The van der Waals surface area contributed by atoms with E-state index in [2.05, 4.69) is 4.99 Å². The molecular weight excluding hydrogens is 222 g/mol. The highest BCUT2D eigenvalue weighted by Crippen LogP contribution is 2.39. The summed E-state index contributed by atoms with van der Waals surface area (Å²) in [6.45, 7) is 6.53. The number of carbonyl (C=O) groups excluding carboxylic acids is 1. The Labute approximate surface area is 100 Å². The average molecular weight is 239 g/mol. The van der Waals surface area contributed by atoms with E-state index >= 15 is 0 Å². The lowest BCUT2D eigenvalue weighted by Crippen LogP contribution is -2.30. The molecule has 0 aromatic carbocycles. The van der Waals surface area contributed by atoms with Gasteiger partial charge >= 0.3 is 5.97 Å². The van der Waals surface area contributed by atoms with Crippen LogP contribution in [0.5, 0.6) is 0 Å². The zero-order valence-electron chi connectivity index (χ0n) is 9.95. The van der Waals surface area contributed by atoms with Crippen molar-refractivity contribution in [2.75, 3.05) is 12.3 Å². The minimum absolute atomic E-state index is 0.0500. The minimum Gasteiger partial charge on any atom is -0.459 e. The van der Waals surface area contributed by atoms with Crippen molar-refractivity contribution in [2.24, 2.45) is 10.9 Å². The topological polar surface area (TPSA) is 38.7 Å². The first-order valence-corrected chi connectivity index (χ1v) is 6.54. The summed E-state index contributed by atoms with van der Waals surface area (Å²) >= 11 is 1.72. The predicted molar refractivity (Wildman–Crippen MR) is 66.8 cm³/mol. The molecular formula is C12H17NO2S. The van der Waals surface area contributed by atoms with Crippen LogP contribution in [0.25, 0.3) is 0 Å². The maximum atomic E-state index is 12.0. The van der Waals surface area contributed by atoms with E-state index in [4.69, 9.17) is 4.74 Å². The van der Waals surface area contributed by atoms with Crippen LogP contribution in [-0.4, -0.2) is 30.1 Å². The third-order valence-corrected chi connectivity index (χ3v) is 3.73. The molecule has 0 fully saturated rings. The Morgan fingerprint density at radius 2 is 2.31 bits per heavy atom. The van der Waals surface area contributed by atoms with Crippen LogP contribution < -0.4 is 0 Å². The molecule has 1 unspecified atom stereocenters. The van der Waals surface area contributed by atoms with Gasteiger partial charge in [0.05, 0.1) is 5.92 Å². The van der Waals surface area contributed by atoms with Gasteiger partial charge < -0.3 is 4.74 Å². The number of allylic oxidation sites excluding steroid dienone is 1. The van der Waals surface area contributed by atoms with Crippen LogP contribution in [0.3, 0.4) is 0 Å². The van der Waals surface area contributed by atoms with Crippen molar-refractivity contribution in [3.8, 4) is 0 Å². The van der Waals surface area contributed by atoms with Gasteiger partial charge in [-0.1, -0.05) is 0 Å². The summed E-state index contributed by atoms with van der Waals surface area (Å²) < 4.78 is 5.44. The standard InChI is InChI=1S/C12H17NO2S/c1-12(2,3)15-11(14)9-7-16-10-6-13-5-4-8(9)10/h6,9H,4-5,7H2,1-3H3. The van der Waals surface area contributed by atoms with Gasteiger partial charge in [-0.3, -0.25) is 9.79 Å². The van der Waals surface area contributed by atoms with Crippen molar-refractivity contribution in [3.63, 3.8) is 0 Å². The molecule has 0 saturated carbocycles. The lowest BCUT2D eigenvalue weighted by atomic mass is 9.96. The molecule has 88 valence electrons. The van der Waals surface area contributed by atoms with E-state index in [0.717, 1.165) is 18.7 Å². The second-order valence-corrected chi connectivity index (χ2v) is 6.13. The molecule has 0 bridgehead atoms. The Hall–Kier alpha value is -0.770. The first-order chi connectivity index (χ1) is 7.47. The van der Waals surface area contributed by atoms with Gasteiger partial charge in [-0.25, -0.2) is 0 Å². The van der Waals surface area contributed by atoms with Crippen molar-refractivity contribution in [2.45, 2.75) is 32.8 Å². The molecule has 3 nitrogen and oxygen atoms in total. The Morgan fingerprint density at radius 3 is 3.00 bits per heavy atom. The van der Waals surface area contributed by atoms with Crippen LogP contribution in [0.1, 0.15) is 27.2 Å².